The van der Waals surface area contributed by atoms with Gasteiger partial charge < -0.3 is 5.11 Å². The standard InChI is InChI=1S/C18H26O2/c1-3-5-15-8-10-18(11-9-15,17(19)20)13-16-7-4-6-14(2)12-16/h4,6-7,12,15H,3,5,8-11,13H2,1-2H3,(H,19,20). The van der Waals surface area contributed by atoms with Crippen molar-refractivity contribution < 1.29 is 9.90 Å². The van der Waals surface area contributed by atoms with Gasteiger partial charge in [-0.25, -0.2) is 0 Å². The normalized spacial score (nSPS) is 26.4. The zero-order valence-corrected chi connectivity index (χ0v) is 12.7. The van der Waals surface area contributed by atoms with E-state index in [1.165, 1.54) is 24.0 Å². The Morgan fingerprint density at radius 3 is 2.60 bits per heavy atom. The smallest absolute Gasteiger partial charge is 0.309 e. The largest absolute Gasteiger partial charge is 0.481 e. The molecule has 0 aliphatic heterocycles. The van der Waals surface area contributed by atoms with Crippen LogP contribution >= 0.6 is 0 Å². The third-order valence-electron chi connectivity index (χ3n) is 4.84. The number of hydrogen-bond donors (Lipinski definition) is 1. The number of benzene rings is 1. The molecule has 0 bridgehead atoms. The van der Waals surface area contributed by atoms with E-state index in [1.54, 1.807) is 0 Å². The fourth-order valence-corrected chi connectivity index (χ4v) is 3.61. The molecule has 0 amide bonds. The lowest BCUT2D eigenvalue weighted by molar-refractivity contribution is -0.151. The summed E-state index contributed by atoms with van der Waals surface area (Å²) in [5.74, 6) is 0.138. The van der Waals surface area contributed by atoms with E-state index in [-0.39, 0.29) is 0 Å². The first kappa shape index (κ1) is 15.1. The Kier molecular flexibility index (Phi) is 4.85. The summed E-state index contributed by atoms with van der Waals surface area (Å²) in [4.78, 5) is 11.8. The fraction of sp³-hybridized carbons (Fsp3) is 0.611. The van der Waals surface area contributed by atoms with Gasteiger partial charge in [0.2, 0.25) is 0 Å². The van der Waals surface area contributed by atoms with Crippen LogP contribution in [0.3, 0.4) is 0 Å². The van der Waals surface area contributed by atoms with Crippen molar-refractivity contribution in [3.8, 4) is 0 Å². The molecule has 1 saturated carbocycles. The first-order chi connectivity index (χ1) is 9.55. The fourth-order valence-electron chi connectivity index (χ4n) is 3.61. The third kappa shape index (κ3) is 3.41. The Labute approximate surface area is 122 Å². The van der Waals surface area contributed by atoms with E-state index in [2.05, 4.69) is 32.0 Å². The summed E-state index contributed by atoms with van der Waals surface area (Å²) >= 11 is 0. The molecule has 0 spiro atoms. The van der Waals surface area contributed by atoms with Crippen molar-refractivity contribution >= 4 is 5.97 Å². The van der Waals surface area contributed by atoms with E-state index in [0.717, 1.165) is 31.6 Å². The van der Waals surface area contributed by atoms with Crippen LogP contribution in [0.4, 0.5) is 0 Å². The highest BCUT2D eigenvalue weighted by molar-refractivity contribution is 5.75. The topological polar surface area (TPSA) is 37.3 Å². The Bertz CT molecular complexity index is 456. The van der Waals surface area contributed by atoms with Gasteiger partial charge >= 0.3 is 5.97 Å². The minimum Gasteiger partial charge on any atom is -0.481 e. The van der Waals surface area contributed by atoms with E-state index in [1.807, 2.05) is 6.07 Å². The van der Waals surface area contributed by atoms with Crippen molar-refractivity contribution in [1.82, 2.24) is 0 Å². The zero-order valence-electron chi connectivity index (χ0n) is 12.7. The molecule has 1 aromatic carbocycles. The van der Waals surface area contributed by atoms with Crippen molar-refractivity contribution in [2.75, 3.05) is 0 Å². The van der Waals surface area contributed by atoms with Gasteiger partial charge in [0.05, 0.1) is 5.41 Å². The van der Waals surface area contributed by atoms with E-state index in [4.69, 9.17) is 0 Å². The van der Waals surface area contributed by atoms with Crippen molar-refractivity contribution in [2.24, 2.45) is 11.3 Å². The monoisotopic (exact) mass is 274 g/mol. The van der Waals surface area contributed by atoms with Crippen LogP contribution in [0.15, 0.2) is 24.3 Å². The second kappa shape index (κ2) is 6.43. The maximum absolute atomic E-state index is 11.8. The lowest BCUT2D eigenvalue weighted by Crippen LogP contribution is -2.37. The number of aliphatic carboxylic acids is 1. The maximum atomic E-state index is 11.8. The molecule has 0 saturated heterocycles. The van der Waals surface area contributed by atoms with Crippen molar-refractivity contribution in [1.29, 1.82) is 0 Å². The van der Waals surface area contributed by atoms with Crippen LogP contribution in [0.2, 0.25) is 0 Å². The Morgan fingerprint density at radius 1 is 1.35 bits per heavy atom. The van der Waals surface area contributed by atoms with Gasteiger partial charge in [0.15, 0.2) is 0 Å². The van der Waals surface area contributed by atoms with Crippen LogP contribution < -0.4 is 0 Å². The number of hydrogen-bond acceptors (Lipinski definition) is 1. The predicted octanol–water partition coefficient (Wildman–Crippen LogP) is 4.60. The zero-order chi connectivity index (χ0) is 14.6. The van der Waals surface area contributed by atoms with Crippen LogP contribution in [0.5, 0.6) is 0 Å². The van der Waals surface area contributed by atoms with E-state index in [9.17, 15) is 9.90 Å². The molecule has 2 heteroatoms. The first-order valence-electron chi connectivity index (χ1n) is 7.85. The van der Waals surface area contributed by atoms with Gasteiger partial charge in [-0.1, -0.05) is 49.6 Å². The number of carboxylic acid groups (broad SMARTS) is 1. The number of aryl methyl sites for hydroxylation is 1. The number of carbonyl (C=O) groups is 1. The minimum absolute atomic E-state index is 0.530. The van der Waals surface area contributed by atoms with Crippen LogP contribution in [0, 0.1) is 18.3 Å². The molecule has 1 aliphatic carbocycles. The summed E-state index contributed by atoms with van der Waals surface area (Å²) < 4.78 is 0. The third-order valence-corrected chi connectivity index (χ3v) is 4.84. The van der Waals surface area contributed by atoms with Crippen molar-refractivity contribution in [3.63, 3.8) is 0 Å². The molecule has 20 heavy (non-hydrogen) atoms. The molecule has 110 valence electrons. The molecule has 2 nitrogen and oxygen atoms in total. The summed E-state index contributed by atoms with van der Waals surface area (Å²) in [6.45, 7) is 4.28. The second-order valence-electron chi connectivity index (χ2n) is 6.48. The van der Waals surface area contributed by atoms with E-state index in [0.29, 0.717) is 6.42 Å². The molecular weight excluding hydrogens is 248 g/mol. The van der Waals surface area contributed by atoms with Gasteiger partial charge in [-0.05, 0) is 50.5 Å². The van der Waals surface area contributed by atoms with Gasteiger partial charge in [-0.3, -0.25) is 4.79 Å². The Hall–Kier alpha value is -1.31. The summed E-state index contributed by atoms with van der Waals surface area (Å²) in [7, 11) is 0. The predicted molar refractivity (Wildman–Crippen MR) is 81.8 cm³/mol. The van der Waals surface area contributed by atoms with Crippen molar-refractivity contribution in [3.05, 3.63) is 35.4 Å². The molecule has 0 atom stereocenters. The van der Waals surface area contributed by atoms with Crippen LogP contribution in [0.25, 0.3) is 0 Å². The quantitative estimate of drug-likeness (QED) is 0.852. The van der Waals surface area contributed by atoms with Crippen molar-refractivity contribution in [2.45, 2.75) is 58.8 Å². The minimum atomic E-state index is -0.603. The van der Waals surface area contributed by atoms with Gasteiger partial charge in [0.1, 0.15) is 0 Å². The molecule has 0 unspecified atom stereocenters. The lowest BCUT2D eigenvalue weighted by Gasteiger charge is -2.37. The maximum Gasteiger partial charge on any atom is 0.309 e. The van der Waals surface area contributed by atoms with E-state index >= 15 is 0 Å². The summed E-state index contributed by atoms with van der Waals surface area (Å²) in [6.07, 6.45) is 6.96. The number of rotatable bonds is 5. The molecule has 0 aromatic heterocycles. The highest BCUT2D eigenvalue weighted by Crippen LogP contribution is 2.43. The molecular formula is C18H26O2. The summed E-state index contributed by atoms with van der Waals surface area (Å²) in [5.41, 5.74) is 1.85. The summed E-state index contributed by atoms with van der Waals surface area (Å²) in [6, 6.07) is 8.29. The Morgan fingerprint density at radius 2 is 2.05 bits per heavy atom. The van der Waals surface area contributed by atoms with Gasteiger partial charge in [0, 0.05) is 0 Å². The van der Waals surface area contributed by atoms with Gasteiger partial charge in [-0.2, -0.15) is 0 Å². The summed E-state index contributed by atoms with van der Waals surface area (Å²) in [5, 5.41) is 9.74. The molecule has 1 fully saturated rings. The molecule has 1 aromatic rings. The van der Waals surface area contributed by atoms with E-state index < -0.39 is 11.4 Å². The van der Waals surface area contributed by atoms with Crippen LogP contribution in [0.1, 0.15) is 56.6 Å². The van der Waals surface area contributed by atoms with Crippen LogP contribution in [-0.4, -0.2) is 11.1 Å². The SMILES string of the molecule is CCCC1CCC(Cc2cccc(C)c2)(C(=O)O)CC1. The highest BCUT2D eigenvalue weighted by Gasteiger charge is 2.41. The molecule has 1 aliphatic rings. The lowest BCUT2D eigenvalue weighted by atomic mass is 9.66. The molecule has 1 N–H and O–H groups in total. The van der Waals surface area contributed by atoms with Gasteiger partial charge in [-0.15, -0.1) is 0 Å². The average molecular weight is 274 g/mol. The molecule has 0 heterocycles. The average Bonchev–Trinajstić information content (AvgIpc) is 2.41. The van der Waals surface area contributed by atoms with Crippen LogP contribution in [-0.2, 0) is 11.2 Å². The second-order valence-corrected chi connectivity index (χ2v) is 6.48. The Balaban J connectivity index is 2.10. The molecule has 0 radical (unpaired) electrons. The number of carboxylic acids is 1. The highest BCUT2D eigenvalue weighted by atomic mass is 16.4. The molecule has 2 rings (SSSR count). The van der Waals surface area contributed by atoms with Gasteiger partial charge in [0.25, 0.3) is 0 Å². The first-order valence-corrected chi connectivity index (χ1v) is 7.85.